The third kappa shape index (κ3) is 5.20. The van der Waals surface area contributed by atoms with E-state index in [1.807, 2.05) is 55.5 Å². The zero-order chi connectivity index (χ0) is 19.2. The van der Waals surface area contributed by atoms with Gasteiger partial charge in [-0.05, 0) is 56.2 Å². The van der Waals surface area contributed by atoms with Crippen LogP contribution in [-0.2, 0) is 0 Å². The molecule has 0 unspecified atom stereocenters. The molecule has 27 heavy (non-hydrogen) atoms. The van der Waals surface area contributed by atoms with Gasteiger partial charge in [-0.1, -0.05) is 23.8 Å². The van der Waals surface area contributed by atoms with Crippen LogP contribution >= 0.6 is 12.2 Å². The van der Waals surface area contributed by atoms with Crippen LogP contribution in [0.3, 0.4) is 0 Å². The first-order valence-corrected chi connectivity index (χ1v) is 9.53. The van der Waals surface area contributed by atoms with Crippen molar-refractivity contribution in [3.05, 3.63) is 59.7 Å². The third-order valence-electron chi connectivity index (χ3n) is 4.72. The van der Waals surface area contributed by atoms with Crippen LogP contribution in [0.25, 0.3) is 0 Å². The maximum atomic E-state index is 12.4. The molecule has 2 N–H and O–H groups in total. The van der Waals surface area contributed by atoms with Gasteiger partial charge in [-0.25, -0.2) is 0 Å². The minimum Gasteiger partial charge on any atom is -0.497 e. The predicted molar refractivity (Wildman–Crippen MR) is 112 cm³/mol. The number of nitrogens with one attached hydrogen (secondary N) is 2. The Morgan fingerprint density at radius 1 is 1.15 bits per heavy atom. The molecule has 1 saturated heterocycles. The number of benzene rings is 2. The quantitative estimate of drug-likeness (QED) is 0.790. The topological polar surface area (TPSA) is 53.6 Å². The van der Waals surface area contributed by atoms with Gasteiger partial charge in [-0.2, -0.15) is 0 Å². The SMILES string of the molecule is COc1cccc(NC(=S)N2CCC(NC(=O)c3cccc(C)c3)CC2)c1. The van der Waals surface area contributed by atoms with E-state index in [1.165, 1.54) is 0 Å². The lowest BCUT2D eigenvalue weighted by molar-refractivity contribution is 0.0922. The van der Waals surface area contributed by atoms with E-state index in [2.05, 4.69) is 15.5 Å². The van der Waals surface area contributed by atoms with Gasteiger partial charge in [0.25, 0.3) is 5.91 Å². The molecule has 0 saturated carbocycles. The first-order chi connectivity index (χ1) is 13.0. The van der Waals surface area contributed by atoms with E-state index >= 15 is 0 Å². The number of methoxy groups -OCH3 is 1. The fourth-order valence-electron chi connectivity index (χ4n) is 3.19. The van der Waals surface area contributed by atoms with Gasteiger partial charge >= 0.3 is 0 Å². The standard InChI is InChI=1S/C21H25N3O2S/c1-15-5-3-6-16(13-15)20(25)22-17-9-11-24(12-10-17)21(27)23-18-7-4-8-19(14-18)26-2/h3-8,13-14,17H,9-12H2,1-2H3,(H,22,25)(H,23,27). The van der Waals surface area contributed by atoms with Crippen LogP contribution in [0.2, 0.25) is 0 Å². The molecule has 0 aliphatic carbocycles. The number of aryl methyl sites for hydroxylation is 1. The average Bonchev–Trinajstić information content (AvgIpc) is 2.68. The number of hydrogen-bond acceptors (Lipinski definition) is 3. The number of amides is 1. The zero-order valence-electron chi connectivity index (χ0n) is 15.7. The Morgan fingerprint density at radius 3 is 2.59 bits per heavy atom. The first kappa shape index (κ1) is 19.2. The lowest BCUT2D eigenvalue weighted by Gasteiger charge is -2.34. The largest absolute Gasteiger partial charge is 0.497 e. The van der Waals surface area contributed by atoms with Crippen LogP contribution < -0.4 is 15.4 Å². The molecule has 1 fully saturated rings. The van der Waals surface area contributed by atoms with Gasteiger partial charge in [0.05, 0.1) is 7.11 Å². The van der Waals surface area contributed by atoms with Crippen molar-refractivity contribution in [2.75, 3.05) is 25.5 Å². The summed E-state index contributed by atoms with van der Waals surface area (Å²) in [5.41, 5.74) is 2.72. The fourth-order valence-corrected chi connectivity index (χ4v) is 3.49. The maximum Gasteiger partial charge on any atom is 0.251 e. The van der Waals surface area contributed by atoms with Gasteiger partial charge < -0.3 is 20.3 Å². The molecule has 6 heteroatoms. The van der Waals surface area contributed by atoms with E-state index in [-0.39, 0.29) is 11.9 Å². The normalized spacial score (nSPS) is 14.5. The summed E-state index contributed by atoms with van der Waals surface area (Å²) in [6, 6.07) is 15.6. The summed E-state index contributed by atoms with van der Waals surface area (Å²) in [5, 5.41) is 7.11. The number of thiocarbonyl (C=S) groups is 1. The Balaban J connectivity index is 1.49. The molecule has 0 aromatic heterocycles. The molecular formula is C21H25N3O2S. The molecule has 0 radical (unpaired) electrons. The van der Waals surface area contributed by atoms with Crippen molar-refractivity contribution in [1.82, 2.24) is 10.2 Å². The zero-order valence-corrected chi connectivity index (χ0v) is 16.5. The van der Waals surface area contributed by atoms with Crippen LogP contribution in [0, 0.1) is 6.92 Å². The molecule has 0 spiro atoms. The number of likely N-dealkylation sites (tertiary alicyclic amines) is 1. The first-order valence-electron chi connectivity index (χ1n) is 9.12. The van der Waals surface area contributed by atoms with Gasteiger partial charge in [-0.3, -0.25) is 4.79 Å². The molecule has 2 aromatic carbocycles. The summed E-state index contributed by atoms with van der Waals surface area (Å²) in [6.45, 7) is 3.62. The Bertz CT molecular complexity index is 817. The molecule has 0 bridgehead atoms. The van der Waals surface area contributed by atoms with Gasteiger partial charge in [0.2, 0.25) is 0 Å². The van der Waals surface area contributed by atoms with Crippen LogP contribution in [0.4, 0.5) is 5.69 Å². The summed E-state index contributed by atoms with van der Waals surface area (Å²) in [4.78, 5) is 14.6. The van der Waals surface area contributed by atoms with E-state index in [0.717, 1.165) is 42.9 Å². The number of carbonyl (C=O) groups excluding carboxylic acids is 1. The lowest BCUT2D eigenvalue weighted by Crippen LogP contribution is -2.47. The molecule has 1 aliphatic heterocycles. The molecule has 5 nitrogen and oxygen atoms in total. The smallest absolute Gasteiger partial charge is 0.251 e. The molecule has 0 atom stereocenters. The Kier molecular flexibility index (Phi) is 6.29. The minimum atomic E-state index is -0.00534. The third-order valence-corrected chi connectivity index (χ3v) is 5.08. The average molecular weight is 384 g/mol. The summed E-state index contributed by atoms with van der Waals surface area (Å²) in [6.07, 6.45) is 1.75. The van der Waals surface area contributed by atoms with Crippen LogP contribution in [0.15, 0.2) is 48.5 Å². The number of carbonyl (C=O) groups is 1. The highest BCUT2D eigenvalue weighted by atomic mass is 32.1. The van der Waals surface area contributed by atoms with E-state index in [0.29, 0.717) is 10.7 Å². The van der Waals surface area contributed by atoms with Crippen LogP contribution in [-0.4, -0.2) is 42.2 Å². The molecule has 142 valence electrons. The number of anilines is 1. The second-order valence-electron chi connectivity index (χ2n) is 6.77. The minimum absolute atomic E-state index is 0.00534. The van der Waals surface area contributed by atoms with Gasteiger partial charge in [0.1, 0.15) is 5.75 Å². The Hall–Kier alpha value is -2.60. The van der Waals surface area contributed by atoms with Crippen LogP contribution in [0.5, 0.6) is 5.75 Å². The van der Waals surface area contributed by atoms with E-state index in [4.69, 9.17) is 17.0 Å². The highest BCUT2D eigenvalue weighted by Gasteiger charge is 2.22. The van der Waals surface area contributed by atoms with Crippen molar-refractivity contribution in [2.45, 2.75) is 25.8 Å². The number of piperidine rings is 1. The summed E-state index contributed by atoms with van der Waals surface area (Å²) >= 11 is 5.54. The number of ether oxygens (including phenoxy) is 1. The Labute approximate surface area is 165 Å². The van der Waals surface area contributed by atoms with Crippen LogP contribution in [0.1, 0.15) is 28.8 Å². The molecule has 3 rings (SSSR count). The molecular weight excluding hydrogens is 358 g/mol. The van der Waals surface area contributed by atoms with Crippen molar-refractivity contribution in [2.24, 2.45) is 0 Å². The predicted octanol–water partition coefficient (Wildman–Crippen LogP) is 3.59. The second-order valence-corrected chi connectivity index (χ2v) is 7.15. The van der Waals surface area contributed by atoms with Gasteiger partial charge in [0, 0.05) is 36.4 Å². The van der Waals surface area contributed by atoms with Gasteiger partial charge in [0.15, 0.2) is 5.11 Å². The highest BCUT2D eigenvalue weighted by molar-refractivity contribution is 7.80. The van der Waals surface area contributed by atoms with E-state index in [1.54, 1.807) is 7.11 Å². The fraction of sp³-hybridized carbons (Fsp3) is 0.333. The second kappa shape index (κ2) is 8.86. The molecule has 1 heterocycles. The van der Waals surface area contributed by atoms with Crippen molar-refractivity contribution in [1.29, 1.82) is 0 Å². The number of rotatable bonds is 4. The van der Waals surface area contributed by atoms with Crippen molar-refractivity contribution in [3.63, 3.8) is 0 Å². The molecule has 1 aliphatic rings. The lowest BCUT2D eigenvalue weighted by atomic mass is 10.0. The van der Waals surface area contributed by atoms with Crippen molar-refractivity contribution < 1.29 is 9.53 Å². The number of nitrogens with zero attached hydrogens (tertiary/aromatic N) is 1. The van der Waals surface area contributed by atoms with E-state index < -0.39 is 0 Å². The molecule has 1 amide bonds. The maximum absolute atomic E-state index is 12.4. The molecule has 2 aromatic rings. The Morgan fingerprint density at radius 2 is 1.89 bits per heavy atom. The number of hydrogen-bond donors (Lipinski definition) is 2. The summed E-state index contributed by atoms with van der Waals surface area (Å²) < 4.78 is 5.24. The van der Waals surface area contributed by atoms with E-state index in [9.17, 15) is 4.79 Å². The summed E-state index contributed by atoms with van der Waals surface area (Å²) in [7, 11) is 1.65. The highest BCUT2D eigenvalue weighted by Crippen LogP contribution is 2.18. The monoisotopic (exact) mass is 383 g/mol. The van der Waals surface area contributed by atoms with Gasteiger partial charge in [-0.15, -0.1) is 0 Å². The summed E-state index contributed by atoms with van der Waals surface area (Å²) in [5.74, 6) is 0.787. The van der Waals surface area contributed by atoms with Crippen molar-refractivity contribution >= 4 is 28.9 Å². The van der Waals surface area contributed by atoms with Crippen molar-refractivity contribution in [3.8, 4) is 5.75 Å².